The van der Waals surface area contributed by atoms with Crippen LogP contribution in [-0.2, 0) is 6.42 Å². The van der Waals surface area contributed by atoms with Gasteiger partial charge < -0.3 is 4.98 Å². The highest BCUT2D eigenvalue weighted by atomic mass is 16.2. The van der Waals surface area contributed by atoms with Crippen molar-refractivity contribution in [3.63, 3.8) is 0 Å². The zero-order valence-electron chi connectivity index (χ0n) is 6.55. The Morgan fingerprint density at radius 2 is 2.40 bits per heavy atom. The van der Waals surface area contributed by atoms with Crippen molar-refractivity contribution < 1.29 is 1.41 Å². The number of hydrogen-bond donors (Lipinski definition) is 2. The van der Waals surface area contributed by atoms with Crippen molar-refractivity contribution in [1.29, 1.82) is 0 Å². The molecule has 1 aromatic heterocycles. The summed E-state index contributed by atoms with van der Waals surface area (Å²) in [6, 6.07) is 0. The molecule has 0 spiro atoms. The fourth-order valence-corrected chi connectivity index (χ4v) is 0.657. The van der Waals surface area contributed by atoms with E-state index in [1.54, 1.807) is 6.92 Å². The molecule has 0 aliphatic rings. The van der Waals surface area contributed by atoms with E-state index >= 15 is 0 Å². The van der Waals surface area contributed by atoms with Crippen LogP contribution in [0, 0.1) is 0 Å². The molecular weight excluding hydrogens is 132 g/mol. The van der Waals surface area contributed by atoms with E-state index in [9.17, 15) is 9.59 Å². The van der Waals surface area contributed by atoms with E-state index in [4.69, 9.17) is 1.41 Å². The summed E-state index contributed by atoms with van der Waals surface area (Å²) in [5.41, 5.74) is -0.659. The Hall–Kier alpha value is -1.32. The number of nitrogens with one attached hydrogen (secondary N) is 2. The Kier molecular flexibility index (Phi) is 1.37. The van der Waals surface area contributed by atoms with Crippen LogP contribution < -0.4 is 11.2 Å². The molecule has 0 radical (unpaired) electrons. The Morgan fingerprint density at radius 1 is 1.70 bits per heavy atom. The smallest absolute Gasteiger partial charge is 0.314 e. The summed E-state index contributed by atoms with van der Waals surface area (Å²) in [6.07, 6.45) is 1.75. The number of aryl methyl sites for hydroxylation is 1. The van der Waals surface area contributed by atoms with E-state index < -0.39 is 11.2 Å². The molecule has 0 atom stereocenters. The van der Waals surface area contributed by atoms with Gasteiger partial charge in [0.2, 0.25) is 0 Å². The van der Waals surface area contributed by atoms with Crippen molar-refractivity contribution >= 4 is 0 Å². The average molecular weight is 141 g/mol. The number of H-pyrrole nitrogens is 2. The average Bonchev–Trinajstić information content (AvgIpc) is 1.97. The molecular formula is C6H8N2O2. The predicted molar refractivity (Wildman–Crippen MR) is 37.1 cm³/mol. The van der Waals surface area contributed by atoms with Gasteiger partial charge >= 0.3 is 5.69 Å². The third-order valence-electron chi connectivity index (χ3n) is 1.23. The lowest BCUT2D eigenvalue weighted by Crippen LogP contribution is -2.23. The minimum Gasteiger partial charge on any atom is -0.314 e. The molecule has 4 heteroatoms. The third kappa shape index (κ3) is 1.15. The summed E-state index contributed by atoms with van der Waals surface area (Å²) in [7, 11) is 0. The maximum absolute atomic E-state index is 10.9. The summed E-state index contributed by atoms with van der Waals surface area (Å²) in [5.74, 6) is 0. The van der Waals surface area contributed by atoms with Gasteiger partial charge in [0.25, 0.3) is 5.56 Å². The number of aromatic amines is 2. The van der Waals surface area contributed by atoms with E-state index in [1.165, 1.54) is 6.20 Å². The molecule has 10 heavy (non-hydrogen) atoms. The van der Waals surface area contributed by atoms with Gasteiger partial charge in [0.1, 0.15) is 0 Å². The van der Waals surface area contributed by atoms with Gasteiger partial charge in [-0.25, -0.2) is 4.79 Å². The van der Waals surface area contributed by atoms with Crippen molar-refractivity contribution in [1.82, 2.24) is 9.96 Å². The van der Waals surface area contributed by atoms with Crippen LogP contribution in [0.15, 0.2) is 15.8 Å². The first-order chi connectivity index (χ1) is 5.15. The lowest BCUT2D eigenvalue weighted by Gasteiger charge is -1.89. The first-order valence-corrected chi connectivity index (χ1v) is 2.99. The highest BCUT2D eigenvalue weighted by Crippen LogP contribution is 1.82. The standard InChI is InChI=1S/C6H8N2O2/c1-2-4-3-7-6(10)8-5(4)9/h3H,2H2,1H3,(H2,7,8,9,10)/i/hD. The number of rotatable bonds is 1. The van der Waals surface area contributed by atoms with Crippen molar-refractivity contribution in [3.8, 4) is 0 Å². The highest BCUT2D eigenvalue weighted by Gasteiger charge is 1.93. The Morgan fingerprint density at radius 3 is 3.00 bits per heavy atom. The van der Waals surface area contributed by atoms with Crippen LogP contribution in [0.1, 0.15) is 12.5 Å². The molecule has 0 aliphatic carbocycles. The van der Waals surface area contributed by atoms with Crippen LogP contribution in [0.4, 0.5) is 0 Å². The van der Waals surface area contributed by atoms with Crippen LogP contribution >= 0.6 is 0 Å². The lowest BCUT2D eigenvalue weighted by molar-refractivity contribution is 0.960. The van der Waals surface area contributed by atoms with Crippen LogP contribution in [-0.4, -0.2) is 9.96 Å². The summed E-state index contributed by atoms with van der Waals surface area (Å²) in [5, 5.41) is 0. The summed E-state index contributed by atoms with van der Waals surface area (Å²) in [4.78, 5) is 24.1. The second-order valence-corrected chi connectivity index (χ2v) is 1.90. The van der Waals surface area contributed by atoms with Crippen molar-refractivity contribution in [2.75, 3.05) is 0 Å². The zero-order chi connectivity index (χ0) is 8.43. The fourth-order valence-electron chi connectivity index (χ4n) is 0.657. The maximum atomic E-state index is 10.9. The number of hydrogen-bond acceptors (Lipinski definition) is 2. The van der Waals surface area contributed by atoms with Crippen molar-refractivity contribution in [2.24, 2.45) is 0 Å². The van der Waals surface area contributed by atoms with Crippen LogP contribution in [0.3, 0.4) is 0 Å². The molecule has 54 valence electrons. The molecule has 2 N–H and O–H groups in total. The Bertz CT molecular complexity index is 366. The topological polar surface area (TPSA) is 65.7 Å². The molecule has 0 amide bonds. The molecule has 0 saturated heterocycles. The van der Waals surface area contributed by atoms with Gasteiger partial charge in [-0.2, -0.15) is 0 Å². The highest BCUT2D eigenvalue weighted by molar-refractivity contribution is 5.01. The monoisotopic (exact) mass is 141 g/mol. The van der Waals surface area contributed by atoms with Crippen LogP contribution in [0.25, 0.3) is 0 Å². The first kappa shape index (κ1) is 5.46. The van der Waals surface area contributed by atoms with Crippen molar-refractivity contribution in [3.05, 3.63) is 32.6 Å². The molecule has 1 aromatic rings. The molecule has 1 rings (SSSR count). The van der Waals surface area contributed by atoms with Crippen molar-refractivity contribution in [2.45, 2.75) is 13.3 Å². The molecule has 0 aromatic carbocycles. The summed E-state index contributed by atoms with van der Waals surface area (Å²) < 4.78 is 6.99. The van der Waals surface area contributed by atoms with Crippen LogP contribution in [0.5, 0.6) is 0 Å². The molecule has 0 aliphatic heterocycles. The van der Waals surface area contributed by atoms with Gasteiger partial charge in [0.15, 0.2) is 1.41 Å². The van der Waals surface area contributed by atoms with Gasteiger partial charge in [-0.15, -0.1) is 0 Å². The van der Waals surface area contributed by atoms with Gasteiger partial charge in [0.05, 0.1) is 0 Å². The van der Waals surface area contributed by atoms with Crippen LogP contribution in [0.2, 0.25) is 1.41 Å². The molecule has 1 heterocycles. The normalized spacial score (nSPS) is 11.1. The first-order valence-electron chi connectivity index (χ1n) is 3.44. The minimum absolute atomic E-state index is 0.402. The third-order valence-corrected chi connectivity index (χ3v) is 1.23. The zero-order valence-corrected chi connectivity index (χ0v) is 5.55. The van der Waals surface area contributed by atoms with E-state index in [2.05, 4.69) is 0 Å². The molecule has 0 saturated carbocycles. The molecule has 0 fully saturated rings. The minimum atomic E-state index is -0.702. The molecule has 0 bridgehead atoms. The van der Waals surface area contributed by atoms with Gasteiger partial charge in [0, 0.05) is 11.8 Å². The number of aromatic nitrogens is 2. The maximum Gasteiger partial charge on any atom is 0.325 e. The Balaban J connectivity index is 3.45. The van der Waals surface area contributed by atoms with E-state index in [-0.39, 0.29) is 0 Å². The van der Waals surface area contributed by atoms with Gasteiger partial charge in [-0.3, -0.25) is 9.78 Å². The van der Waals surface area contributed by atoms with Gasteiger partial charge in [-0.05, 0) is 6.42 Å². The van der Waals surface area contributed by atoms with E-state index in [0.717, 1.165) is 0 Å². The predicted octanol–water partition coefficient (Wildman–Crippen LogP) is -0.374. The van der Waals surface area contributed by atoms with E-state index in [1.807, 2.05) is 4.98 Å². The summed E-state index contributed by atoms with van der Waals surface area (Å²) in [6.45, 7) is 1.79. The largest absolute Gasteiger partial charge is 0.325 e. The Labute approximate surface area is 58.4 Å². The SMILES string of the molecule is [2H]n1cc(CC)c(=O)[nH]c1=O. The summed E-state index contributed by atoms with van der Waals surface area (Å²) >= 11 is 0. The lowest BCUT2D eigenvalue weighted by atomic mass is 10.3. The van der Waals surface area contributed by atoms with E-state index in [0.29, 0.717) is 17.0 Å². The fraction of sp³-hybridized carbons (Fsp3) is 0.333. The quantitative estimate of drug-likeness (QED) is 0.560. The second-order valence-electron chi connectivity index (χ2n) is 1.90. The molecule has 4 nitrogen and oxygen atoms in total. The second kappa shape index (κ2) is 2.51. The molecule has 0 unspecified atom stereocenters. The van der Waals surface area contributed by atoms with Gasteiger partial charge in [-0.1, -0.05) is 6.92 Å².